The summed E-state index contributed by atoms with van der Waals surface area (Å²) in [5.41, 5.74) is 0.740. The highest BCUT2D eigenvalue weighted by Gasteiger charge is 2.15. The molecule has 3 aromatic carbocycles. The largest absolute Gasteiger partial charge is 0.324 e. The lowest BCUT2D eigenvalue weighted by Gasteiger charge is -2.12. The molecule has 0 saturated carbocycles. The fourth-order valence-electron chi connectivity index (χ4n) is 3.24. The number of fused-ring (bicyclic) bond motifs is 1. The van der Waals surface area contributed by atoms with Crippen LogP contribution >= 0.6 is 11.8 Å². The van der Waals surface area contributed by atoms with Gasteiger partial charge in [-0.05, 0) is 48.7 Å². The lowest BCUT2D eigenvalue weighted by molar-refractivity contribution is -0.117. The summed E-state index contributed by atoms with van der Waals surface area (Å²) in [5.74, 6) is -2.43. The van der Waals surface area contributed by atoms with Crippen LogP contribution in [-0.2, 0) is 11.3 Å². The Labute approximate surface area is 180 Å². The van der Waals surface area contributed by atoms with E-state index in [1.807, 2.05) is 24.5 Å². The monoisotopic (exact) mass is 437 g/mol. The lowest BCUT2D eigenvalue weighted by Crippen LogP contribution is -2.30. The first-order valence-electron chi connectivity index (χ1n) is 9.35. The van der Waals surface area contributed by atoms with Crippen LogP contribution in [0.15, 0.2) is 76.4 Å². The van der Waals surface area contributed by atoms with E-state index in [1.165, 1.54) is 6.07 Å². The molecule has 4 aromatic rings. The Morgan fingerprint density at radius 3 is 2.52 bits per heavy atom. The van der Waals surface area contributed by atoms with E-state index in [4.69, 9.17) is 0 Å². The van der Waals surface area contributed by atoms with Gasteiger partial charge in [-0.3, -0.25) is 9.59 Å². The fourth-order valence-corrected chi connectivity index (χ4v) is 3.70. The maximum absolute atomic E-state index is 13.8. The van der Waals surface area contributed by atoms with E-state index in [0.29, 0.717) is 22.0 Å². The third-order valence-corrected chi connectivity index (χ3v) is 5.43. The Bertz CT molecular complexity index is 1350. The Kier molecular flexibility index (Phi) is 5.81. The summed E-state index contributed by atoms with van der Waals surface area (Å²) in [7, 11) is 0. The Hall–Kier alpha value is -3.52. The molecule has 156 valence electrons. The van der Waals surface area contributed by atoms with Crippen LogP contribution in [0.3, 0.4) is 0 Å². The molecule has 0 atom stereocenters. The zero-order valence-electron chi connectivity index (χ0n) is 16.4. The Morgan fingerprint density at radius 2 is 1.77 bits per heavy atom. The minimum Gasteiger partial charge on any atom is -0.324 e. The van der Waals surface area contributed by atoms with Crippen molar-refractivity contribution in [1.29, 1.82) is 0 Å². The molecule has 1 N–H and O–H groups in total. The van der Waals surface area contributed by atoms with Crippen LogP contribution in [0.5, 0.6) is 0 Å². The number of aromatic nitrogens is 2. The summed E-state index contributed by atoms with van der Waals surface area (Å²) in [6.45, 7) is -0.330. The van der Waals surface area contributed by atoms with Gasteiger partial charge in [0.15, 0.2) is 11.6 Å². The van der Waals surface area contributed by atoms with E-state index >= 15 is 0 Å². The van der Waals surface area contributed by atoms with E-state index in [9.17, 15) is 18.4 Å². The summed E-state index contributed by atoms with van der Waals surface area (Å²) >= 11 is 1.54. The van der Waals surface area contributed by atoms with Gasteiger partial charge < -0.3 is 5.32 Å². The van der Waals surface area contributed by atoms with Crippen LogP contribution in [0, 0.1) is 11.6 Å². The maximum Gasteiger partial charge on any atom is 0.275 e. The molecule has 5 nitrogen and oxygen atoms in total. The van der Waals surface area contributed by atoms with E-state index in [0.717, 1.165) is 21.7 Å². The predicted octanol–water partition coefficient (Wildman–Crippen LogP) is 4.70. The number of thioether (sulfide) groups is 1. The molecule has 1 heterocycles. The van der Waals surface area contributed by atoms with Crippen LogP contribution in [0.1, 0.15) is 0 Å². The number of carbonyl (C=O) groups excluding carboxylic acids is 1. The fraction of sp³-hybridized carbons (Fsp3) is 0.0870. The van der Waals surface area contributed by atoms with Gasteiger partial charge in [0.1, 0.15) is 6.54 Å². The van der Waals surface area contributed by atoms with Crippen molar-refractivity contribution in [3.05, 3.63) is 88.7 Å². The molecule has 0 bridgehead atoms. The number of carbonyl (C=O) groups is 1. The molecule has 4 rings (SSSR count). The number of nitrogens with one attached hydrogen (secondary N) is 1. The molecule has 0 saturated heterocycles. The van der Waals surface area contributed by atoms with E-state index < -0.39 is 23.1 Å². The summed E-state index contributed by atoms with van der Waals surface area (Å²) < 4.78 is 28.3. The van der Waals surface area contributed by atoms with Gasteiger partial charge in [-0.2, -0.15) is 5.10 Å². The zero-order valence-corrected chi connectivity index (χ0v) is 17.2. The Balaban J connectivity index is 1.74. The van der Waals surface area contributed by atoms with E-state index in [2.05, 4.69) is 10.4 Å². The van der Waals surface area contributed by atoms with Crippen molar-refractivity contribution in [2.24, 2.45) is 0 Å². The average molecular weight is 437 g/mol. The van der Waals surface area contributed by atoms with Crippen molar-refractivity contribution in [2.75, 3.05) is 11.6 Å². The molecule has 1 aromatic heterocycles. The second kappa shape index (κ2) is 8.69. The summed E-state index contributed by atoms with van der Waals surface area (Å²) in [4.78, 5) is 26.5. The molecule has 0 radical (unpaired) electrons. The standard InChI is InChI=1S/C23H17F2N3O2S/c1-31-16-6-4-5-15(12-16)26-21(29)13-28-23(30)18-8-3-2-7-17(18)22(27-28)14-9-10-19(24)20(25)11-14/h2-12H,13H2,1H3,(H,26,29). The average Bonchev–Trinajstić information content (AvgIpc) is 2.78. The number of halogens is 2. The number of hydrogen-bond donors (Lipinski definition) is 1. The SMILES string of the molecule is CSc1cccc(NC(=O)Cn2nc(-c3ccc(F)c(F)c3)c3ccccc3c2=O)c1. The van der Waals surface area contributed by atoms with Crippen LogP contribution in [-0.4, -0.2) is 21.9 Å². The number of hydrogen-bond acceptors (Lipinski definition) is 4. The van der Waals surface area contributed by atoms with Gasteiger partial charge in [-0.1, -0.05) is 24.3 Å². The third-order valence-electron chi connectivity index (χ3n) is 4.71. The van der Waals surface area contributed by atoms with Gasteiger partial charge in [0, 0.05) is 21.5 Å². The minimum atomic E-state index is -1.02. The molecule has 8 heteroatoms. The van der Waals surface area contributed by atoms with Crippen LogP contribution < -0.4 is 10.9 Å². The highest BCUT2D eigenvalue weighted by Crippen LogP contribution is 2.26. The molecular formula is C23H17F2N3O2S. The smallest absolute Gasteiger partial charge is 0.275 e. The second-order valence-electron chi connectivity index (χ2n) is 6.77. The van der Waals surface area contributed by atoms with Crippen molar-refractivity contribution in [2.45, 2.75) is 11.4 Å². The molecule has 0 aliphatic heterocycles. The van der Waals surface area contributed by atoms with Crippen molar-refractivity contribution in [1.82, 2.24) is 9.78 Å². The molecule has 0 spiro atoms. The molecule has 0 unspecified atom stereocenters. The first kappa shape index (κ1) is 20.7. The van der Waals surface area contributed by atoms with Crippen molar-refractivity contribution < 1.29 is 13.6 Å². The van der Waals surface area contributed by atoms with Gasteiger partial charge >= 0.3 is 0 Å². The molecular weight excluding hydrogens is 420 g/mol. The van der Waals surface area contributed by atoms with Gasteiger partial charge in [0.2, 0.25) is 5.91 Å². The van der Waals surface area contributed by atoms with Crippen molar-refractivity contribution in [3.8, 4) is 11.3 Å². The van der Waals surface area contributed by atoms with E-state index in [1.54, 1.807) is 42.1 Å². The zero-order chi connectivity index (χ0) is 22.0. The highest BCUT2D eigenvalue weighted by molar-refractivity contribution is 7.98. The van der Waals surface area contributed by atoms with Crippen molar-refractivity contribution >= 4 is 34.1 Å². The number of rotatable bonds is 5. The first-order valence-corrected chi connectivity index (χ1v) is 10.6. The third kappa shape index (κ3) is 4.34. The lowest BCUT2D eigenvalue weighted by atomic mass is 10.0. The number of benzene rings is 3. The summed E-state index contributed by atoms with van der Waals surface area (Å²) in [5, 5.41) is 7.88. The molecule has 0 aliphatic rings. The van der Waals surface area contributed by atoms with E-state index in [-0.39, 0.29) is 12.2 Å². The summed E-state index contributed by atoms with van der Waals surface area (Å²) in [6.07, 6.45) is 1.93. The van der Waals surface area contributed by atoms with Crippen LogP contribution in [0.2, 0.25) is 0 Å². The van der Waals surface area contributed by atoms with Gasteiger partial charge in [0.05, 0.1) is 11.1 Å². The summed E-state index contributed by atoms with van der Waals surface area (Å²) in [6, 6.07) is 17.4. The first-order chi connectivity index (χ1) is 15.0. The number of anilines is 1. The normalized spacial score (nSPS) is 10.9. The molecule has 1 amide bonds. The predicted molar refractivity (Wildman–Crippen MR) is 118 cm³/mol. The van der Waals surface area contributed by atoms with Gasteiger partial charge in [-0.15, -0.1) is 11.8 Å². The quantitative estimate of drug-likeness (QED) is 0.460. The number of nitrogens with zero attached hydrogens (tertiary/aromatic N) is 2. The molecule has 0 fully saturated rings. The maximum atomic E-state index is 13.8. The highest BCUT2D eigenvalue weighted by atomic mass is 32.2. The van der Waals surface area contributed by atoms with Crippen molar-refractivity contribution in [3.63, 3.8) is 0 Å². The second-order valence-corrected chi connectivity index (χ2v) is 7.65. The van der Waals surface area contributed by atoms with Crippen LogP contribution in [0.4, 0.5) is 14.5 Å². The molecule has 31 heavy (non-hydrogen) atoms. The molecule has 0 aliphatic carbocycles. The minimum absolute atomic E-state index is 0.284. The van der Waals surface area contributed by atoms with Gasteiger partial charge in [0.25, 0.3) is 5.56 Å². The topological polar surface area (TPSA) is 64.0 Å². The van der Waals surface area contributed by atoms with Gasteiger partial charge in [-0.25, -0.2) is 13.5 Å². The van der Waals surface area contributed by atoms with Crippen LogP contribution in [0.25, 0.3) is 22.0 Å². The number of amides is 1. The Morgan fingerprint density at radius 1 is 1.00 bits per heavy atom.